The van der Waals surface area contributed by atoms with Crippen LogP contribution >= 0.6 is 0 Å². The summed E-state index contributed by atoms with van der Waals surface area (Å²) in [6.07, 6.45) is 5.85. The lowest BCUT2D eigenvalue weighted by molar-refractivity contribution is -0.111. The number of carbonyl (C=O) groups excluding carboxylic acids is 2. The SMILES string of the molecule is Cc1ccc(C(=O)N2CC(C)CC(C)C2)cc1NC(=O)/C=C/c1cnc2ccccc2n1. The van der Waals surface area contributed by atoms with Crippen LogP contribution in [0.15, 0.2) is 54.7 Å². The number of nitrogens with zero attached hydrogens (tertiary/aromatic N) is 3. The Kier molecular flexibility index (Phi) is 6.30. The summed E-state index contributed by atoms with van der Waals surface area (Å²) in [5.74, 6) is 0.722. The third-order valence-corrected chi connectivity index (χ3v) is 5.77. The highest BCUT2D eigenvalue weighted by molar-refractivity contribution is 6.03. The van der Waals surface area contributed by atoms with Crippen LogP contribution in [0.3, 0.4) is 0 Å². The Morgan fingerprint density at radius 2 is 1.78 bits per heavy atom. The molecule has 2 amide bonds. The van der Waals surface area contributed by atoms with E-state index in [0.717, 1.165) is 36.1 Å². The summed E-state index contributed by atoms with van der Waals surface area (Å²) in [4.78, 5) is 36.3. The van der Waals surface area contributed by atoms with Crippen molar-refractivity contribution in [1.29, 1.82) is 0 Å². The fourth-order valence-corrected chi connectivity index (χ4v) is 4.29. The maximum absolute atomic E-state index is 13.0. The quantitative estimate of drug-likeness (QED) is 0.611. The van der Waals surface area contributed by atoms with Crippen LogP contribution in [0.5, 0.6) is 0 Å². The van der Waals surface area contributed by atoms with Crippen molar-refractivity contribution in [2.75, 3.05) is 18.4 Å². The second kappa shape index (κ2) is 9.30. The number of benzene rings is 2. The number of nitrogens with one attached hydrogen (secondary N) is 1. The minimum Gasteiger partial charge on any atom is -0.338 e. The lowest BCUT2D eigenvalue weighted by Crippen LogP contribution is -2.42. The van der Waals surface area contributed by atoms with Crippen molar-refractivity contribution in [1.82, 2.24) is 14.9 Å². The first-order valence-electron chi connectivity index (χ1n) is 11.0. The molecule has 2 unspecified atom stereocenters. The molecule has 32 heavy (non-hydrogen) atoms. The van der Waals surface area contributed by atoms with Crippen LogP contribution in [-0.2, 0) is 4.79 Å². The monoisotopic (exact) mass is 428 g/mol. The third kappa shape index (κ3) is 5.02. The van der Waals surface area contributed by atoms with E-state index in [1.807, 2.05) is 48.2 Å². The molecule has 2 aromatic carbocycles. The molecule has 0 saturated carbocycles. The van der Waals surface area contributed by atoms with Gasteiger partial charge in [0.15, 0.2) is 0 Å². The van der Waals surface area contributed by atoms with E-state index in [4.69, 9.17) is 0 Å². The molecule has 0 spiro atoms. The number of piperidine rings is 1. The number of fused-ring (bicyclic) bond motifs is 1. The van der Waals surface area contributed by atoms with Gasteiger partial charge in [-0.15, -0.1) is 0 Å². The average molecular weight is 429 g/mol. The van der Waals surface area contributed by atoms with Gasteiger partial charge in [-0.2, -0.15) is 0 Å². The highest BCUT2D eigenvalue weighted by Crippen LogP contribution is 2.24. The number of anilines is 1. The molecule has 164 valence electrons. The molecule has 1 saturated heterocycles. The lowest BCUT2D eigenvalue weighted by Gasteiger charge is -2.35. The van der Waals surface area contributed by atoms with Crippen molar-refractivity contribution < 1.29 is 9.59 Å². The third-order valence-electron chi connectivity index (χ3n) is 5.77. The summed E-state index contributed by atoms with van der Waals surface area (Å²) in [6.45, 7) is 7.82. The zero-order valence-electron chi connectivity index (χ0n) is 18.7. The van der Waals surface area contributed by atoms with Gasteiger partial charge in [0.05, 0.1) is 22.9 Å². The highest BCUT2D eigenvalue weighted by atomic mass is 16.2. The Morgan fingerprint density at radius 3 is 2.53 bits per heavy atom. The number of aromatic nitrogens is 2. The molecule has 1 N–H and O–H groups in total. The van der Waals surface area contributed by atoms with Crippen molar-refractivity contribution in [2.45, 2.75) is 27.2 Å². The van der Waals surface area contributed by atoms with E-state index in [1.54, 1.807) is 18.3 Å². The number of amides is 2. The van der Waals surface area contributed by atoms with Crippen LogP contribution in [0, 0.1) is 18.8 Å². The fourth-order valence-electron chi connectivity index (χ4n) is 4.29. The maximum atomic E-state index is 13.0. The van der Waals surface area contributed by atoms with Gasteiger partial charge in [-0.25, -0.2) is 4.98 Å². The van der Waals surface area contributed by atoms with Gasteiger partial charge < -0.3 is 10.2 Å². The normalized spacial score (nSPS) is 18.8. The first-order valence-corrected chi connectivity index (χ1v) is 11.0. The van der Waals surface area contributed by atoms with Crippen LogP contribution in [0.25, 0.3) is 17.1 Å². The van der Waals surface area contributed by atoms with E-state index in [-0.39, 0.29) is 11.8 Å². The molecule has 6 heteroatoms. The van der Waals surface area contributed by atoms with Gasteiger partial charge in [-0.3, -0.25) is 14.6 Å². The van der Waals surface area contributed by atoms with Gasteiger partial charge in [0.25, 0.3) is 5.91 Å². The molecule has 0 aliphatic carbocycles. The van der Waals surface area contributed by atoms with E-state index >= 15 is 0 Å². The largest absolute Gasteiger partial charge is 0.338 e. The van der Waals surface area contributed by atoms with Gasteiger partial charge in [0, 0.05) is 30.4 Å². The Hall–Kier alpha value is -3.54. The topological polar surface area (TPSA) is 75.2 Å². The number of carbonyl (C=O) groups is 2. The molecule has 1 aliphatic heterocycles. The van der Waals surface area contributed by atoms with E-state index in [0.29, 0.717) is 28.8 Å². The predicted octanol–water partition coefficient (Wildman–Crippen LogP) is 4.71. The van der Waals surface area contributed by atoms with Crippen molar-refractivity contribution in [2.24, 2.45) is 11.8 Å². The van der Waals surface area contributed by atoms with Crippen molar-refractivity contribution in [3.8, 4) is 0 Å². The fraction of sp³-hybridized carbons (Fsp3) is 0.308. The van der Waals surface area contributed by atoms with Crippen molar-refractivity contribution in [3.63, 3.8) is 0 Å². The number of hydrogen-bond acceptors (Lipinski definition) is 4. The zero-order valence-corrected chi connectivity index (χ0v) is 18.7. The first-order chi connectivity index (χ1) is 15.4. The molecule has 1 aromatic heterocycles. The smallest absolute Gasteiger partial charge is 0.253 e. The van der Waals surface area contributed by atoms with Gasteiger partial charge in [-0.05, 0) is 61.1 Å². The Bertz CT molecular complexity index is 1180. The standard InChI is InChI=1S/C26H28N4O2/c1-17-12-18(2)16-30(15-17)26(32)20-9-8-19(3)24(13-20)29-25(31)11-10-21-14-27-22-6-4-5-7-23(22)28-21/h4-11,13-14,17-18H,12,15-16H2,1-3H3,(H,29,31)/b11-10+. The average Bonchev–Trinajstić information content (AvgIpc) is 2.78. The first kappa shape index (κ1) is 21.7. The Morgan fingerprint density at radius 1 is 1.06 bits per heavy atom. The Balaban J connectivity index is 1.46. The second-order valence-electron chi connectivity index (χ2n) is 8.79. The van der Waals surface area contributed by atoms with Gasteiger partial charge >= 0.3 is 0 Å². The van der Waals surface area contributed by atoms with Crippen LogP contribution in [0.4, 0.5) is 5.69 Å². The molecule has 0 bridgehead atoms. The summed E-state index contributed by atoms with van der Waals surface area (Å²) in [5.41, 5.74) is 4.31. The molecule has 4 rings (SSSR count). The second-order valence-corrected chi connectivity index (χ2v) is 8.79. The maximum Gasteiger partial charge on any atom is 0.253 e. The predicted molar refractivity (Wildman–Crippen MR) is 127 cm³/mol. The molecule has 0 radical (unpaired) electrons. The summed E-state index contributed by atoms with van der Waals surface area (Å²) < 4.78 is 0. The minimum absolute atomic E-state index is 0.0147. The van der Waals surface area contributed by atoms with Gasteiger partial charge in [0.2, 0.25) is 5.91 Å². The molecule has 1 fully saturated rings. The summed E-state index contributed by atoms with van der Waals surface area (Å²) in [7, 11) is 0. The number of likely N-dealkylation sites (tertiary alicyclic amines) is 1. The number of hydrogen-bond donors (Lipinski definition) is 1. The Labute approximate surface area is 188 Å². The highest BCUT2D eigenvalue weighted by Gasteiger charge is 2.26. The van der Waals surface area contributed by atoms with Gasteiger partial charge in [0.1, 0.15) is 0 Å². The van der Waals surface area contributed by atoms with Gasteiger partial charge in [-0.1, -0.05) is 32.0 Å². The van der Waals surface area contributed by atoms with E-state index in [2.05, 4.69) is 29.1 Å². The summed E-state index contributed by atoms with van der Waals surface area (Å²) >= 11 is 0. The van der Waals surface area contributed by atoms with E-state index in [1.165, 1.54) is 6.08 Å². The lowest BCUT2D eigenvalue weighted by atomic mass is 9.91. The molecule has 3 aromatic rings. The molecule has 6 nitrogen and oxygen atoms in total. The summed E-state index contributed by atoms with van der Waals surface area (Å²) in [5, 5.41) is 2.89. The number of rotatable bonds is 4. The number of aryl methyl sites for hydroxylation is 1. The van der Waals surface area contributed by atoms with Crippen LogP contribution in [-0.4, -0.2) is 39.8 Å². The van der Waals surface area contributed by atoms with Crippen molar-refractivity contribution in [3.05, 3.63) is 71.6 Å². The molecular weight excluding hydrogens is 400 g/mol. The number of para-hydroxylation sites is 2. The van der Waals surface area contributed by atoms with E-state index in [9.17, 15) is 9.59 Å². The van der Waals surface area contributed by atoms with Crippen molar-refractivity contribution >= 4 is 34.6 Å². The van der Waals surface area contributed by atoms with Crippen LogP contribution in [0.1, 0.15) is 41.9 Å². The molecule has 2 heterocycles. The summed E-state index contributed by atoms with van der Waals surface area (Å²) in [6, 6.07) is 13.1. The van der Waals surface area contributed by atoms with Crippen LogP contribution in [0.2, 0.25) is 0 Å². The van der Waals surface area contributed by atoms with E-state index < -0.39 is 0 Å². The molecule has 2 atom stereocenters. The minimum atomic E-state index is -0.284. The molecular formula is C26H28N4O2. The zero-order chi connectivity index (χ0) is 22.7. The van der Waals surface area contributed by atoms with Crippen LogP contribution < -0.4 is 5.32 Å². The molecule has 1 aliphatic rings.